The lowest BCUT2D eigenvalue weighted by Crippen LogP contribution is -2.22. The number of hydrogen-bond acceptors (Lipinski definition) is 3. The maximum atomic E-state index is 10.5. The van der Waals surface area contributed by atoms with Gasteiger partial charge in [-0.15, -0.1) is 0 Å². The maximum absolute atomic E-state index is 10.5. The molecule has 1 atom stereocenters. The summed E-state index contributed by atoms with van der Waals surface area (Å²) in [5.74, 6) is 0.661. The van der Waals surface area contributed by atoms with Crippen LogP contribution in [-0.2, 0) is 5.60 Å². The quantitative estimate of drug-likeness (QED) is 0.860. The number of methoxy groups -OCH3 is 1. The van der Waals surface area contributed by atoms with Gasteiger partial charge in [-0.1, -0.05) is 18.2 Å². The van der Waals surface area contributed by atoms with Gasteiger partial charge in [0.15, 0.2) is 0 Å². The first-order valence-corrected chi connectivity index (χ1v) is 5.05. The van der Waals surface area contributed by atoms with Gasteiger partial charge >= 0.3 is 0 Å². The highest BCUT2D eigenvalue weighted by molar-refractivity contribution is 5.43. The molecule has 16 heavy (non-hydrogen) atoms. The second-order valence-corrected chi connectivity index (χ2v) is 3.78. The van der Waals surface area contributed by atoms with Crippen LogP contribution in [-0.4, -0.2) is 12.2 Å². The molecule has 2 aromatic rings. The molecule has 0 aliphatic heterocycles. The van der Waals surface area contributed by atoms with E-state index in [4.69, 9.17) is 9.15 Å². The van der Waals surface area contributed by atoms with Gasteiger partial charge < -0.3 is 14.3 Å². The Labute approximate surface area is 94.3 Å². The third-order valence-electron chi connectivity index (χ3n) is 2.71. The van der Waals surface area contributed by atoms with Crippen LogP contribution in [0.15, 0.2) is 47.3 Å². The van der Waals surface area contributed by atoms with Crippen LogP contribution in [0.4, 0.5) is 0 Å². The fourth-order valence-electron chi connectivity index (χ4n) is 1.74. The highest BCUT2D eigenvalue weighted by Crippen LogP contribution is 2.35. The average molecular weight is 218 g/mol. The fourth-order valence-corrected chi connectivity index (χ4v) is 1.74. The lowest BCUT2D eigenvalue weighted by molar-refractivity contribution is 0.0982. The van der Waals surface area contributed by atoms with E-state index in [0.717, 1.165) is 5.56 Å². The minimum absolute atomic E-state index is 0.661. The predicted molar refractivity (Wildman–Crippen MR) is 60.4 cm³/mol. The zero-order valence-corrected chi connectivity index (χ0v) is 9.31. The molecule has 2 rings (SSSR count). The normalized spacial score (nSPS) is 14.4. The van der Waals surface area contributed by atoms with Crippen molar-refractivity contribution in [3.63, 3.8) is 0 Å². The summed E-state index contributed by atoms with van der Waals surface area (Å²) < 4.78 is 10.2. The molecular weight excluding hydrogens is 204 g/mol. The summed E-state index contributed by atoms with van der Waals surface area (Å²) in [5, 5.41) is 10.5. The third kappa shape index (κ3) is 1.70. The minimum atomic E-state index is -1.11. The Kier molecular flexibility index (Phi) is 2.71. The van der Waals surface area contributed by atoms with Gasteiger partial charge in [-0.2, -0.15) is 0 Å². The SMILES string of the molecule is COc1ccccc1C(C)(O)c1ccoc1. The van der Waals surface area contributed by atoms with Gasteiger partial charge in [-0.05, 0) is 19.1 Å². The molecular formula is C13H14O3. The number of ether oxygens (including phenoxy) is 1. The number of aliphatic hydroxyl groups is 1. The van der Waals surface area contributed by atoms with E-state index >= 15 is 0 Å². The van der Waals surface area contributed by atoms with Crippen LogP contribution in [0.3, 0.4) is 0 Å². The highest BCUT2D eigenvalue weighted by atomic mass is 16.5. The molecule has 1 aromatic carbocycles. The van der Waals surface area contributed by atoms with Gasteiger partial charge in [0.05, 0.1) is 19.6 Å². The summed E-state index contributed by atoms with van der Waals surface area (Å²) in [7, 11) is 1.59. The van der Waals surface area contributed by atoms with E-state index in [9.17, 15) is 5.11 Å². The summed E-state index contributed by atoms with van der Waals surface area (Å²) in [6.45, 7) is 1.72. The van der Waals surface area contributed by atoms with Gasteiger partial charge in [0.2, 0.25) is 0 Å². The molecule has 3 nitrogen and oxygen atoms in total. The maximum Gasteiger partial charge on any atom is 0.125 e. The van der Waals surface area contributed by atoms with Crippen LogP contribution >= 0.6 is 0 Å². The highest BCUT2D eigenvalue weighted by Gasteiger charge is 2.29. The summed E-state index contributed by atoms with van der Waals surface area (Å²) in [6.07, 6.45) is 3.08. The topological polar surface area (TPSA) is 42.6 Å². The average Bonchev–Trinajstić information content (AvgIpc) is 2.83. The summed E-state index contributed by atoms with van der Waals surface area (Å²) in [4.78, 5) is 0. The standard InChI is InChI=1S/C13H14O3/c1-13(14,10-7-8-16-9-10)11-5-3-4-6-12(11)15-2/h3-9,14H,1-2H3. The van der Waals surface area contributed by atoms with Crippen molar-refractivity contribution in [2.24, 2.45) is 0 Å². The van der Waals surface area contributed by atoms with E-state index in [-0.39, 0.29) is 0 Å². The number of benzene rings is 1. The molecule has 0 fully saturated rings. The molecule has 3 heteroatoms. The first-order valence-electron chi connectivity index (χ1n) is 5.05. The molecule has 1 heterocycles. The Morgan fingerprint density at radius 2 is 2.00 bits per heavy atom. The molecule has 0 saturated heterocycles. The minimum Gasteiger partial charge on any atom is -0.496 e. The van der Waals surface area contributed by atoms with E-state index in [1.165, 1.54) is 6.26 Å². The zero-order chi connectivity index (χ0) is 11.6. The van der Waals surface area contributed by atoms with Crippen LogP contribution in [0.25, 0.3) is 0 Å². The molecule has 1 aromatic heterocycles. The molecule has 0 aliphatic rings. The molecule has 0 amide bonds. The molecule has 0 saturated carbocycles. The summed E-state index contributed by atoms with van der Waals surface area (Å²) in [6, 6.07) is 9.14. The first kappa shape index (κ1) is 10.8. The van der Waals surface area contributed by atoms with Crippen molar-refractivity contribution >= 4 is 0 Å². The summed E-state index contributed by atoms with van der Waals surface area (Å²) >= 11 is 0. The molecule has 0 radical (unpaired) electrons. The van der Waals surface area contributed by atoms with Crippen LogP contribution in [0.1, 0.15) is 18.1 Å². The van der Waals surface area contributed by atoms with E-state index in [2.05, 4.69) is 0 Å². The second kappa shape index (κ2) is 4.02. The number of furan rings is 1. The third-order valence-corrected chi connectivity index (χ3v) is 2.71. The van der Waals surface area contributed by atoms with Crippen molar-refractivity contribution in [2.75, 3.05) is 7.11 Å². The molecule has 0 bridgehead atoms. The molecule has 1 N–H and O–H groups in total. The van der Waals surface area contributed by atoms with Crippen LogP contribution in [0, 0.1) is 0 Å². The van der Waals surface area contributed by atoms with Crippen molar-refractivity contribution in [3.8, 4) is 5.75 Å². The lowest BCUT2D eigenvalue weighted by Gasteiger charge is -2.24. The zero-order valence-electron chi connectivity index (χ0n) is 9.31. The fraction of sp³-hybridized carbons (Fsp3) is 0.231. The van der Waals surface area contributed by atoms with E-state index in [1.807, 2.05) is 24.3 Å². The smallest absolute Gasteiger partial charge is 0.125 e. The Balaban J connectivity index is 2.51. The molecule has 84 valence electrons. The molecule has 0 spiro atoms. The largest absolute Gasteiger partial charge is 0.496 e. The molecule has 0 aliphatic carbocycles. The predicted octanol–water partition coefficient (Wildman–Crippen LogP) is 2.54. The summed E-state index contributed by atoms with van der Waals surface area (Å²) in [5.41, 5.74) is 0.315. The van der Waals surface area contributed by atoms with Gasteiger partial charge in [0.1, 0.15) is 11.4 Å². The van der Waals surface area contributed by atoms with E-state index < -0.39 is 5.60 Å². The van der Waals surface area contributed by atoms with Gasteiger partial charge in [0.25, 0.3) is 0 Å². The van der Waals surface area contributed by atoms with E-state index in [1.54, 1.807) is 26.4 Å². The van der Waals surface area contributed by atoms with Crippen LogP contribution < -0.4 is 4.74 Å². The molecule has 1 unspecified atom stereocenters. The number of hydrogen-bond donors (Lipinski definition) is 1. The van der Waals surface area contributed by atoms with Gasteiger partial charge in [-0.3, -0.25) is 0 Å². The Hall–Kier alpha value is -1.74. The first-order chi connectivity index (χ1) is 7.66. The van der Waals surface area contributed by atoms with Crippen LogP contribution in [0.2, 0.25) is 0 Å². The Morgan fingerprint density at radius 3 is 2.62 bits per heavy atom. The van der Waals surface area contributed by atoms with Gasteiger partial charge in [0, 0.05) is 11.1 Å². The van der Waals surface area contributed by atoms with Gasteiger partial charge in [-0.25, -0.2) is 0 Å². The van der Waals surface area contributed by atoms with Crippen LogP contribution in [0.5, 0.6) is 5.75 Å². The van der Waals surface area contributed by atoms with Crippen molar-refractivity contribution in [2.45, 2.75) is 12.5 Å². The monoisotopic (exact) mass is 218 g/mol. The number of para-hydroxylation sites is 1. The van der Waals surface area contributed by atoms with Crippen molar-refractivity contribution in [1.82, 2.24) is 0 Å². The van der Waals surface area contributed by atoms with Crippen molar-refractivity contribution in [3.05, 3.63) is 54.0 Å². The lowest BCUT2D eigenvalue weighted by atomic mass is 9.89. The van der Waals surface area contributed by atoms with Crippen molar-refractivity contribution < 1.29 is 14.3 Å². The van der Waals surface area contributed by atoms with Crippen molar-refractivity contribution in [1.29, 1.82) is 0 Å². The Bertz CT molecular complexity index is 458. The second-order valence-electron chi connectivity index (χ2n) is 3.78. The van der Waals surface area contributed by atoms with E-state index in [0.29, 0.717) is 11.3 Å². The Morgan fingerprint density at radius 1 is 1.25 bits per heavy atom. The number of rotatable bonds is 3.